The molecule has 3 rings (SSSR count). The molecule has 0 aromatic heterocycles. The second-order valence-electron chi connectivity index (χ2n) is 9.03. The van der Waals surface area contributed by atoms with E-state index >= 15 is 0 Å². The lowest BCUT2D eigenvalue weighted by Crippen LogP contribution is -2.26. The highest BCUT2D eigenvalue weighted by Gasteiger charge is 2.27. The molecule has 1 aliphatic heterocycles. The Labute approximate surface area is 147 Å². The Bertz CT molecular complexity index is 708. The van der Waals surface area contributed by atoms with Crippen molar-refractivity contribution in [1.82, 2.24) is 0 Å². The summed E-state index contributed by atoms with van der Waals surface area (Å²) >= 11 is 0. The molecule has 24 heavy (non-hydrogen) atoms. The summed E-state index contributed by atoms with van der Waals surface area (Å²) in [5.41, 5.74) is 8.15. The van der Waals surface area contributed by atoms with E-state index < -0.39 is 0 Å². The van der Waals surface area contributed by atoms with Crippen molar-refractivity contribution in [3.63, 3.8) is 0 Å². The molecule has 0 spiro atoms. The maximum Gasteiger partial charge on any atom is 0.0652 e. The van der Waals surface area contributed by atoms with Crippen molar-refractivity contribution in [1.29, 1.82) is 0 Å². The van der Waals surface area contributed by atoms with Crippen LogP contribution in [0.15, 0.2) is 36.4 Å². The lowest BCUT2D eigenvalue weighted by atomic mass is 9.85. The first-order chi connectivity index (χ1) is 11.0. The SMILES string of the molecule is CN1c2ccc(C(C)(C)C)cc2N(C)c2ccc(C(C)(C)C)cc21. The van der Waals surface area contributed by atoms with Crippen LogP contribution in [0, 0.1) is 0 Å². The van der Waals surface area contributed by atoms with Crippen molar-refractivity contribution in [2.75, 3.05) is 23.9 Å². The fourth-order valence-electron chi connectivity index (χ4n) is 3.34. The normalized spacial score (nSPS) is 14.5. The first kappa shape index (κ1) is 16.9. The lowest BCUT2D eigenvalue weighted by Gasteiger charge is -2.38. The van der Waals surface area contributed by atoms with E-state index in [0.717, 1.165) is 0 Å². The second kappa shape index (κ2) is 5.27. The highest BCUT2D eigenvalue weighted by Crippen LogP contribution is 2.48. The van der Waals surface area contributed by atoms with E-state index in [4.69, 9.17) is 0 Å². The standard InChI is InChI=1S/C22H30N2/c1-21(2,3)15-9-11-17-19(13-15)23(7)18-12-10-16(22(4,5)6)14-20(18)24(17)8/h9-14H,1-8H3. The number of hydrogen-bond donors (Lipinski definition) is 0. The molecule has 1 aliphatic rings. The van der Waals surface area contributed by atoms with Crippen molar-refractivity contribution in [2.45, 2.75) is 52.4 Å². The maximum absolute atomic E-state index is 2.34. The molecule has 0 aliphatic carbocycles. The molecule has 2 aromatic carbocycles. The van der Waals surface area contributed by atoms with Gasteiger partial charge in [0.1, 0.15) is 0 Å². The number of anilines is 4. The van der Waals surface area contributed by atoms with E-state index in [-0.39, 0.29) is 10.8 Å². The van der Waals surface area contributed by atoms with Crippen molar-refractivity contribution in [3.05, 3.63) is 47.5 Å². The van der Waals surface area contributed by atoms with Crippen molar-refractivity contribution < 1.29 is 0 Å². The van der Waals surface area contributed by atoms with Crippen LogP contribution in [0.1, 0.15) is 52.7 Å². The quantitative estimate of drug-likeness (QED) is 0.575. The van der Waals surface area contributed by atoms with Gasteiger partial charge in [-0.25, -0.2) is 0 Å². The van der Waals surface area contributed by atoms with Crippen LogP contribution in [0.4, 0.5) is 22.7 Å². The van der Waals surface area contributed by atoms with Gasteiger partial charge in [0.15, 0.2) is 0 Å². The van der Waals surface area contributed by atoms with Crippen LogP contribution in [-0.2, 0) is 10.8 Å². The first-order valence-corrected chi connectivity index (χ1v) is 8.76. The van der Waals surface area contributed by atoms with Crippen LogP contribution in [0.2, 0.25) is 0 Å². The smallest absolute Gasteiger partial charge is 0.0652 e. The van der Waals surface area contributed by atoms with E-state index in [1.54, 1.807) is 0 Å². The van der Waals surface area contributed by atoms with Gasteiger partial charge in [-0.15, -0.1) is 0 Å². The Morgan fingerprint density at radius 2 is 0.875 bits per heavy atom. The van der Waals surface area contributed by atoms with Gasteiger partial charge in [0.25, 0.3) is 0 Å². The van der Waals surface area contributed by atoms with Crippen LogP contribution >= 0.6 is 0 Å². The third-order valence-electron chi connectivity index (χ3n) is 5.13. The number of fused-ring (bicyclic) bond motifs is 2. The minimum Gasteiger partial charge on any atom is -0.341 e. The Morgan fingerprint density at radius 1 is 0.542 bits per heavy atom. The Balaban J connectivity index is 2.14. The molecule has 128 valence electrons. The van der Waals surface area contributed by atoms with E-state index in [1.165, 1.54) is 33.9 Å². The predicted molar refractivity (Wildman–Crippen MR) is 106 cm³/mol. The van der Waals surface area contributed by atoms with Crippen LogP contribution in [0.3, 0.4) is 0 Å². The van der Waals surface area contributed by atoms with Gasteiger partial charge >= 0.3 is 0 Å². The molecule has 2 aromatic rings. The Kier molecular flexibility index (Phi) is 3.71. The van der Waals surface area contributed by atoms with Gasteiger partial charge in [-0.1, -0.05) is 53.7 Å². The van der Waals surface area contributed by atoms with Crippen molar-refractivity contribution >= 4 is 22.7 Å². The van der Waals surface area contributed by atoms with Gasteiger partial charge < -0.3 is 9.80 Å². The monoisotopic (exact) mass is 322 g/mol. The molecular formula is C22H30N2. The summed E-state index contributed by atoms with van der Waals surface area (Å²) in [6.45, 7) is 13.6. The molecule has 0 radical (unpaired) electrons. The van der Waals surface area contributed by atoms with Gasteiger partial charge in [0.05, 0.1) is 22.7 Å². The molecule has 1 heterocycles. The first-order valence-electron chi connectivity index (χ1n) is 8.76. The molecule has 0 N–H and O–H groups in total. The summed E-state index contributed by atoms with van der Waals surface area (Å²) < 4.78 is 0. The van der Waals surface area contributed by atoms with E-state index in [1.807, 2.05) is 0 Å². The van der Waals surface area contributed by atoms with Gasteiger partial charge in [-0.2, -0.15) is 0 Å². The summed E-state index contributed by atoms with van der Waals surface area (Å²) in [5, 5.41) is 0. The minimum atomic E-state index is 0.158. The van der Waals surface area contributed by atoms with Crippen LogP contribution in [0.5, 0.6) is 0 Å². The molecule has 0 bridgehead atoms. The largest absolute Gasteiger partial charge is 0.341 e. The number of benzene rings is 2. The number of nitrogens with zero attached hydrogens (tertiary/aromatic N) is 2. The third kappa shape index (κ3) is 2.68. The maximum atomic E-state index is 2.34. The highest BCUT2D eigenvalue weighted by atomic mass is 15.2. The second-order valence-corrected chi connectivity index (χ2v) is 9.03. The third-order valence-corrected chi connectivity index (χ3v) is 5.13. The summed E-state index contributed by atoms with van der Waals surface area (Å²) in [6.07, 6.45) is 0. The fraction of sp³-hybridized carbons (Fsp3) is 0.455. The van der Waals surface area contributed by atoms with Gasteiger partial charge in [-0.3, -0.25) is 0 Å². The topological polar surface area (TPSA) is 6.48 Å². The molecule has 0 unspecified atom stereocenters. The minimum absolute atomic E-state index is 0.158. The summed E-state index contributed by atoms with van der Waals surface area (Å²) in [4.78, 5) is 4.65. The molecule has 0 atom stereocenters. The average molecular weight is 322 g/mol. The summed E-state index contributed by atoms with van der Waals surface area (Å²) in [6, 6.07) is 13.7. The van der Waals surface area contributed by atoms with Gasteiger partial charge in [0.2, 0.25) is 0 Å². The fourth-order valence-corrected chi connectivity index (χ4v) is 3.34. The van der Waals surface area contributed by atoms with E-state index in [0.29, 0.717) is 0 Å². The molecule has 0 fully saturated rings. The Morgan fingerprint density at radius 3 is 1.17 bits per heavy atom. The zero-order valence-electron chi connectivity index (χ0n) is 16.4. The molecular weight excluding hydrogens is 292 g/mol. The molecule has 0 saturated carbocycles. The Hall–Kier alpha value is -1.96. The number of hydrogen-bond acceptors (Lipinski definition) is 2. The number of rotatable bonds is 0. The molecule has 0 saturated heterocycles. The van der Waals surface area contributed by atoms with Crippen LogP contribution in [0.25, 0.3) is 0 Å². The predicted octanol–water partition coefficient (Wildman–Crippen LogP) is 6.13. The van der Waals surface area contributed by atoms with Gasteiger partial charge in [-0.05, 0) is 46.2 Å². The van der Waals surface area contributed by atoms with Crippen LogP contribution in [-0.4, -0.2) is 14.1 Å². The van der Waals surface area contributed by atoms with Gasteiger partial charge in [0, 0.05) is 14.1 Å². The van der Waals surface area contributed by atoms with E-state index in [9.17, 15) is 0 Å². The van der Waals surface area contributed by atoms with E-state index in [2.05, 4.69) is 102 Å². The van der Waals surface area contributed by atoms with Crippen molar-refractivity contribution in [3.8, 4) is 0 Å². The van der Waals surface area contributed by atoms with Crippen molar-refractivity contribution in [2.24, 2.45) is 0 Å². The zero-order chi connectivity index (χ0) is 17.9. The zero-order valence-corrected chi connectivity index (χ0v) is 16.4. The van der Waals surface area contributed by atoms with Crippen LogP contribution < -0.4 is 9.80 Å². The molecule has 2 nitrogen and oxygen atoms in total. The summed E-state index contributed by atoms with van der Waals surface area (Å²) in [5.74, 6) is 0. The average Bonchev–Trinajstić information content (AvgIpc) is 2.49. The molecule has 2 heteroatoms. The summed E-state index contributed by atoms with van der Waals surface area (Å²) in [7, 11) is 4.35. The molecule has 0 amide bonds. The highest BCUT2D eigenvalue weighted by molar-refractivity contribution is 5.93. The lowest BCUT2D eigenvalue weighted by molar-refractivity contribution is 0.589.